The van der Waals surface area contributed by atoms with Crippen LogP contribution in [0, 0.1) is 0 Å². The van der Waals surface area contributed by atoms with Gasteiger partial charge in [-0.25, -0.2) is 4.98 Å². The number of hydrogen-bond acceptors (Lipinski definition) is 5. The molecule has 1 aliphatic rings. The molecule has 0 atom stereocenters. The van der Waals surface area contributed by atoms with E-state index in [2.05, 4.69) is 33.4 Å². The molecule has 1 N–H and O–H groups in total. The van der Waals surface area contributed by atoms with Gasteiger partial charge in [-0.3, -0.25) is 4.79 Å². The van der Waals surface area contributed by atoms with E-state index in [-0.39, 0.29) is 5.91 Å². The van der Waals surface area contributed by atoms with Crippen molar-refractivity contribution in [2.45, 2.75) is 19.8 Å². The maximum Gasteiger partial charge on any atom is 0.255 e. The first-order valence-corrected chi connectivity index (χ1v) is 10.5. The third kappa shape index (κ3) is 5.90. The summed E-state index contributed by atoms with van der Waals surface area (Å²) in [6, 6.07) is 21.8. The molecule has 1 aromatic heterocycles. The Morgan fingerprint density at radius 2 is 1.68 bits per heavy atom. The van der Waals surface area contributed by atoms with E-state index in [0.29, 0.717) is 44.4 Å². The van der Waals surface area contributed by atoms with Crippen LogP contribution in [-0.2, 0) is 29.2 Å². The highest BCUT2D eigenvalue weighted by Crippen LogP contribution is 2.18. The highest BCUT2D eigenvalue weighted by atomic mass is 16.5. The molecule has 6 nitrogen and oxygen atoms in total. The van der Waals surface area contributed by atoms with Gasteiger partial charge in [0.2, 0.25) is 0 Å². The Bertz CT molecular complexity index is 988. The van der Waals surface area contributed by atoms with Gasteiger partial charge in [0, 0.05) is 25.8 Å². The fourth-order valence-electron chi connectivity index (χ4n) is 3.57. The first-order chi connectivity index (χ1) is 15.3. The van der Waals surface area contributed by atoms with Crippen molar-refractivity contribution in [2.75, 3.05) is 31.2 Å². The Morgan fingerprint density at radius 1 is 0.935 bits per heavy atom. The second kappa shape index (κ2) is 10.7. The summed E-state index contributed by atoms with van der Waals surface area (Å²) in [6.07, 6.45) is 1.72. The zero-order valence-electron chi connectivity index (χ0n) is 17.5. The van der Waals surface area contributed by atoms with Gasteiger partial charge in [0.05, 0.1) is 32.0 Å². The third-order valence-corrected chi connectivity index (χ3v) is 5.17. The molecule has 1 saturated heterocycles. The minimum atomic E-state index is -0.125. The number of carbonyl (C=O) groups excluding carboxylic acids is 1. The zero-order chi connectivity index (χ0) is 21.3. The number of hydrogen-bond donors (Lipinski definition) is 1. The van der Waals surface area contributed by atoms with Crippen molar-refractivity contribution in [2.24, 2.45) is 0 Å². The zero-order valence-corrected chi connectivity index (χ0v) is 17.5. The largest absolute Gasteiger partial charge is 0.378 e. The Morgan fingerprint density at radius 3 is 2.52 bits per heavy atom. The quantitative estimate of drug-likeness (QED) is 0.607. The number of pyridine rings is 1. The van der Waals surface area contributed by atoms with Crippen LogP contribution < -0.4 is 10.2 Å². The highest BCUT2D eigenvalue weighted by molar-refractivity contribution is 5.98. The smallest absolute Gasteiger partial charge is 0.255 e. The summed E-state index contributed by atoms with van der Waals surface area (Å²) in [4.78, 5) is 19.4. The van der Waals surface area contributed by atoms with Crippen LogP contribution in [0.3, 0.4) is 0 Å². The van der Waals surface area contributed by atoms with E-state index in [0.717, 1.165) is 29.8 Å². The van der Waals surface area contributed by atoms with Gasteiger partial charge in [-0.1, -0.05) is 54.6 Å². The number of aromatic nitrogens is 1. The summed E-state index contributed by atoms with van der Waals surface area (Å²) in [5.74, 6) is 0.590. The number of carbonyl (C=O) groups is 1. The van der Waals surface area contributed by atoms with Gasteiger partial charge in [-0.2, -0.15) is 0 Å². The summed E-state index contributed by atoms with van der Waals surface area (Å²) < 4.78 is 11.2. The molecular formula is C25H27N3O3. The first-order valence-electron chi connectivity index (χ1n) is 10.5. The minimum absolute atomic E-state index is 0.125. The van der Waals surface area contributed by atoms with Crippen LogP contribution in [0.2, 0.25) is 0 Å². The lowest BCUT2D eigenvalue weighted by molar-refractivity contribution is 0.0949. The lowest BCUT2D eigenvalue weighted by Gasteiger charge is -2.29. The summed E-state index contributed by atoms with van der Waals surface area (Å²) in [5, 5.41) is 3.03. The van der Waals surface area contributed by atoms with Crippen LogP contribution in [0.25, 0.3) is 0 Å². The van der Waals surface area contributed by atoms with Gasteiger partial charge in [0.1, 0.15) is 5.82 Å². The van der Waals surface area contributed by atoms with E-state index in [4.69, 9.17) is 9.47 Å². The maximum atomic E-state index is 12.9. The van der Waals surface area contributed by atoms with Crippen molar-refractivity contribution >= 4 is 11.7 Å². The van der Waals surface area contributed by atoms with Crippen molar-refractivity contribution in [3.8, 4) is 0 Å². The highest BCUT2D eigenvalue weighted by Gasteiger charge is 2.19. The number of nitrogens with zero attached hydrogens (tertiary/aromatic N) is 2. The molecule has 2 heterocycles. The van der Waals surface area contributed by atoms with Crippen molar-refractivity contribution in [3.05, 3.63) is 95.2 Å². The van der Waals surface area contributed by atoms with Crippen LogP contribution in [0.4, 0.5) is 5.82 Å². The third-order valence-electron chi connectivity index (χ3n) is 5.17. The van der Waals surface area contributed by atoms with Crippen LogP contribution in [-0.4, -0.2) is 37.2 Å². The van der Waals surface area contributed by atoms with Crippen LogP contribution >= 0.6 is 0 Å². The van der Waals surface area contributed by atoms with Crippen LogP contribution in [0.5, 0.6) is 0 Å². The summed E-state index contributed by atoms with van der Waals surface area (Å²) >= 11 is 0. The second-order valence-corrected chi connectivity index (χ2v) is 7.46. The number of morpholine rings is 1. The maximum absolute atomic E-state index is 12.9. The molecule has 0 bridgehead atoms. The van der Waals surface area contributed by atoms with Crippen molar-refractivity contribution in [3.63, 3.8) is 0 Å². The normalized spacial score (nSPS) is 13.7. The average molecular weight is 418 g/mol. The Balaban J connectivity index is 1.33. The van der Waals surface area contributed by atoms with E-state index < -0.39 is 0 Å². The lowest BCUT2D eigenvalue weighted by Crippen LogP contribution is -2.38. The van der Waals surface area contributed by atoms with Gasteiger partial charge in [-0.05, 0) is 28.8 Å². The van der Waals surface area contributed by atoms with Gasteiger partial charge >= 0.3 is 0 Å². The minimum Gasteiger partial charge on any atom is -0.378 e. The molecule has 6 heteroatoms. The molecule has 1 fully saturated rings. The van der Waals surface area contributed by atoms with E-state index in [1.165, 1.54) is 0 Å². The molecule has 0 saturated carbocycles. The molecule has 1 aliphatic heterocycles. The predicted octanol–water partition coefficient (Wildman–Crippen LogP) is 3.57. The van der Waals surface area contributed by atoms with Crippen molar-refractivity contribution < 1.29 is 14.3 Å². The molecule has 0 radical (unpaired) electrons. The number of benzene rings is 2. The average Bonchev–Trinajstić information content (AvgIpc) is 2.84. The summed E-state index contributed by atoms with van der Waals surface area (Å²) in [6.45, 7) is 4.33. The molecular weight excluding hydrogens is 390 g/mol. The molecule has 1 amide bonds. The molecule has 0 unspecified atom stereocenters. The van der Waals surface area contributed by atoms with Crippen molar-refractivity contribution in [1.82, 2.24) is 10.3 Å². The van der Waals surface area contributed by atoms with Gasteiger partial charge in [-0.15, -0.1) is 0 Å². The topological polar surface area (TPSA) is 63.7 Å². The number of nitrogens with one attached hydrogen (secondary N) is 1. The molecule has 0 aliphatic carbocycles. The Labute approximate surface area is 182 Å². The first kappa shape index (κ1) is 21.0. The number of ether oxygens (including phenoxy) is 2. The predicted molar refractivity (Wildman–Crippen MR) is 120 cm³/mol. The molecule has 4 rings (SSSR count). The molecule has 160 valence electrons. The number of anilines is 1. The van der Waals surface area contributed by atoms with Crippen LogP contribution in [0.1, 0.15) is 27.0 Å². The van der Waals surface area contributed by atoms with E-state index in [1.807, 2.05) is 42.5 Å². The fourth-order valence-corrected chi connectivity index (χ4v) is 3.57. The number of rotatable bonds is 8. The molecule has 2 aromatic carbocycles. The Hall–Kier alpha value is -3.22. The van der Waals surface area contributed by atoms with E-state index >= 15 is 0 Å². The lowest BCUT2D eigenvalue weighted by atomic mass is 10.1. The van der Waals surface area contributed by atoms with Crippen LogP contribution in [0.15, 0.2) is 72.9 Å². The second-order valence-electron chi connectivity index (χ2n) is 7.46. The van der Waals surface area contributed by atoms with Gasteiger partial charge in [0.15, 0.2) is 0 Å². The molecule has 3 aromatic rings. The van der Waals surface area contributed by atoms with E-state index in [1.54, 1.807) is 12.3 Å². The molecule has 0 spiro atoms. The van der Waals surface area contributed by atoms with Crippen molar-refractivity contribution in [1.29, 1.82) is 0 Å². The summed E-state index contributed by atoms with van der Waals surface area (Å²) in [7, 11) is 0. The fraction of sp³-hybridized carbons (Fsp3) is 0.280. The monoisotopic (exact) mass is 417 g/mol. The standard InChI is InChI=1S/C25H27N3O3/c29-25(23-10-5-11-26-24(23)28-12-14-30-15-13-28)27-17-21-8-4-9-22(16-21)19-31-18-20-6-2-1-3-7-20/h1-11,16H,12-15,17-19H2,(H,27,29). The molecule has 31 heavy (non-hydrogen) atoms. The summed E-state index contributed by atoms with van der Waals surface area (Å²) in [5.41, 5.74) is 3.86. The van der Waals surface area contributed by atoms with Gasteiger partial charge < -0.3 is 19.7 Å². The Kier molecular flexibility index (Phi) is 7.26. The van der Waals surface area contributed by atoms with E-state index in [9.17, 15) is 4.79 Å². The van der Waals surface area contributed by atoms with Gasteiger partial charge in [0.25, 0.3) is 5.91 Å². The SMILES string of the molecule is O=C(NCc1cccc(COCc2ccccc2)c1)c1cccnc1N1CCOCC1. The number of amides is 1.